The third kappa shape index (κ3) is 3.00. The molecule has 0 aromatic heterocycles. The number of nitrogens with one attached hydrogen (secondary N) is 2. The first-order valence-electron chi connectivity index (χ1n) is 8.25. The molecule has 1 amide bonds. The second kappa shape index (κ2) is 6.41. The summed E-state index contributed by atoms with van der Waals surface area (Å²) in [5.41, 5.74) is 0. The van der Waals surface area contributed by atoms with Gasteiger partial charge in [0.05, 0.1) is 12.1 Å². The number of carbonyl (C=O) groups excluding carboxylic acids is 1. The van der Waals surface area contributed by atoms with E-state index in [9.17, 15) is 4.79 Å². The summed E-state index contributed by atoms with van der Waals surface area (Å²) in [6, 6.07) is 0.435. The van der Waals surface area contributed by atoms with Gasteiger partial charge in [-0.1, -0.05) is 12.8 Å². The molecule has 0 radical (unpaired) electrons. The molecule has 0 bridgehead atoms. The van der Waals surface area contributed by atoms with Gasteiger partial charge in [-0.2, -0.15) is 0 Å². The number of amides is 1. The van der Waals surface area contributed by atoms with Crippen LogP contribution in [0.25, 0.3) is 0 Å². The van der Waals surface area contributed by atoms with Crippen LogP contribution in [0.15, 0.2) is 0 Å². The molecule has 114 valence electrons. The monoisotopic (exact) mass is 280 g/mol. The van der Waals surface area contributed by atoms with Crippen molar-refractivity contribution < 1.29 is 4.79 Å². The summed E-state index contributed by atoms with van der Waals surface area (Å²) in [4.78, 5) is 17.2. The zero-order valence-corrected chi connectivity index (χ0v) is 12.6. The third-order valence-electron chi connectivity index (χ3n) is 5.10. The second-order valence-corrected chi connectivity index (χ2v) is 6.50. The van der Waals surface area contributed by atoms with Crippen LogP contribution in [-0.4, -0.2) is 60.8 Å². The maximum atomic E-state index is 12.7. The van der Waals surface area contributed by atoms with Gasteiger partial charge in [-0.25, -0.2) is 0 Å². The van der Waals surface area contributed by atoms with E-state index < -0.39 is 0 Å². The van der Waals surface area contributed by atoms with Crippen LogP contribution in [0, 0.1) is 5.92 Å². The Kier molecular flexibility index (Phi) is 4.58. The Bertz CT molecular complexity index is 343. The number of nitrogens with zero attached hydrogens (tertiary/aromatic N) is 2. The van der Waals surface area contributed by atoms with Crippen LogP contribution in [0.4, 0.5) is 0 Å². The number of hydrogen-bond acceptors (Lipinski definition) is 4. The summed E-state index contributed by atoms with van der Waals surface area (Å²) in [6.45, 7) is 7.38. The zero-order chi connectivity index (χ0) is 13.9. The predicted molar refractivity (Wildman–Crippen MR) is 79.1 cm³/mol. The Morgan fingerprint density at radius 1 is 1.25 bits per heavy atom. The van der Waals surface area contributed by atoms with Crippen molar-refractivity contribution in [3.8, 4) is 0 Å². The van der Waals surface area contributed by atoms with Crippen molar-refractivity contribution in [2.75, 3.05) is 32.8 Å². The maximum absolute atomic E-state index is 12.7. The van der Waals surface area contributed by atoms with Crippen molar-refractivity contribution >= 4 is 5.91 Å². The van der Waals surface area contributed by atoms with Gasteiger partial charge in [0.1, 0.15) is 0 Å². The van der Waals surface area contributed by atoms with Crippen LogP contribution < -0.4 is 10.6 Å². The molecular formula is C15H28N4O. The molecule has 5 nitrogen and oxygen atoms in total. The Labute approximate surface area is 122 Å². The summed E-state index contributed by atoms with van der Waals surface area (Å²) in [5.74, 6) is 0.647. The second-order valence-electron chi connectivity index (χ2n) is 6.50. The zero-order valence-electron chi connectivity index (χ0n) is 12.6. The van der Waals surface area contributed by atoms with E-state index in [-0.39, 0.29) is 12.1 Å². The molecule has 1 aliphatic carbocycles. The lowest BCUT2D eigenvalue weighted by Gasteiger charge is -2.45. The first-order valence-corrected chi connectivity index (χ1v) is 8.25. The van der Waals surface area contributed by atoms with Crippen molar-refractivity contribution in [3.63, 3.8) is 0 Å². The number of carbonyl (C=O) groups is 1. The first kappa shape index (κ1) is 14.3. The summed E-state index contributed by atoms with van der Waals surface area (Å²) >= 11 is 0. The molecule has 3 fully saturated rings. The van der Waals surface area contributed by atoms with E-state index >= 15 is 0 Å². The van der Waals surface area contributed by atoms with Crippen LogP contribution >= 0.6 is 0 Å². The largest absolute Gasteiger partial charge is 0.327 e. The minimum Gasteiger partial charge on any atom is -0.327 e. The van der Waals surface area contributed by atoms with Crippen molar-refractivity contribution in [2.45, 2.75) is 51.2 Å². The highest BCUT2D eigenvalue weighted by atomic mass is 16.2. The molecule has 3 unspecified atom stereocenters. The van der Waals surface area contributed by atoms with Gasteiger partial charge in [-0.15, -0.1) is 0 Å². The molecule has 0 aromatic rings. The lowest BCUT2D eigenvalue weighted by Crippen LogP contribution is -2.62. The van der Waals surface area contributed by atoms with Crippen molar-refractivity contribution in [1.82, 2.24) is 20.4 Å². The molecule has 0 aromatic carbocycles. The molecule has 5 heteroatoms. The molecule has 2 N–H and O–H groups in total. The van der Waals surface area contributed by atoms with Gasteiger partial charge in [0.15, 0.2) is 0 Å². The fourth-order valence-electron chi connectivity index (χ4n) is 3.94. The van der Waals surface area contributed by atoms with Gasteiger partial charge < -0.3 is 10.2 Å². The molecule has 3 rings (SSSR count). The Balaban J connectivity index is 1.50. The van der Waals surface area contributed by atoms with E-state index in [1.807, 2.05) is 0 Å². The summed E-state index contributed by atoms with van der Waals surface area (Å²) in [5, 5.41) is 7.00. The Hall–Kier alpha value is -0.650. The Morgan fingerprint density at radius 2 is 2.10 bits per heavy atom. The van der Waals surface area contributed by atoms with Gasteiger partial charge >= 0.3 is 0 Å². The number of hydrogen-bond donors (Lipinski definition) is 2. The fraction of sp³-hybridized carbons (Fsp3) is 0.933. The SMILES string of the molecule is CC1NC2CCCCC2C(=O)N1CCCN1CCNC1. The van der Waals surface area contributed by atoms with Crippen molar-refractivity contribution in [1.29, 1.82) is 0 Å². The summed E-state index contributed by atoms with van der Waals surface area (Å²) < 4.78 is 0. The van der Waals surface area contributed by atoms with E-state index in [4.69, 9.17) is 0 Å². The minimum atomic E-state index is 0.207. The highest BCUT2D eigenvalue weighted by molar-refractivity contribution is 5.80. The maximum Gasteiger partial charge on any atom is 0.228 e. The average Bonchev–Trinajstić information content (AvgIpc) is 2.96. The molecule has 2 aliphatic heterocycles. The summed E-state index contributed by atoms with van der Waals surface area (Å²) in [6.07, 6.45) is 6.03. The molecule has 2 saturated heterocycles. The highest BCUT2D eigenvalue weighted by Crippen LogP contribution is 2.30. The smallest absolute Gasteiger partial charge is 0.228 e. The lowest BCUT2D eigenvalue weighted by atomic mass is 9.81. The topological polar surface area (TPSA) is 47.6 Å². The molecule has 2 heterocycles. The lowest BCUT2D eigenvalue weighted by molar-refractivity contribution is -0.145. The average molecular weight is 280 g/mol. The standard InChI is InChI=1S/C15H28N4O/c1-12-17-14-6-3-2-5-13(14)15(20)19(12)9-4-8-18-10-7-16-11-18/h12-14,16-17H,2-11H2,1H3. The van der Waals surface area contributed by atoms with E-state index in [1.165, 1.54) is 19.3 Å². The van der Waals surface area contributed by atoms with Crippen LogP contribution in [0.5, 0.6) is 0 Å². The van der Waals surface area contributed by atoms with Crippen LogP contribution in [0.1, 0.15) is 39.0 Å². The highest BCUT2D eigenvalue weighted by Gasteiger charge is 2.40. The quantitative estimate of drug-likeness (QED) is 0.791. The van der Waals surface area contributed by atoms with Gasteiger partial charge in [-0.3, -0.25) is 15.0 Å². The summed E-state index contributed by atoms with van der Waals surface area (Å²) in [7, 11) is 0. The normalized spacial score (nSPS) is 35.4. The molecule has 3 atom stereocenters. The van der Waals surface area contributed by atoms with Crippen molar-refractivity contribution in [3.05, 3.63) is 0 Å². The van der Waals surface area contributed by atoms with E-state index in [2.05, 4.69) is 27.4 Å². The van der Waals surface area contributed by atoms with Crippen LogP contribution in [-0.2, 0) is 4.79 Å². The van der Waals surface area contributed by atoms with Gasteiger partial charge in [-0.05, 0) is 26.2 Å². The molecule has 20 heavy (non-hydrogen) atoms. The van der Waals surface area contributed by atoms with Gasteiger partial charge in [0.25, 0.3) is 0 Å². The minimum absolute atomic E-state index is 0.207. The predicted octanol–water partition coefficient (Wildman–Crippen LogP) is 0.576. The van der Waals surface area contributed by atoms with Gasteiger partial charge in [0, 0.05) is 38.9 Å². The van der Waals surface area contributed by atoms with Gasteiger partial charge in [0.2, 0.25) is 5.91 Å². The van der Waals surface area contributed by atoms with Crippen LogP contribution in [0.3, 0.4) is 0 Å². The third-order valence-corrected chi connectivity index (χ3v) is 5.10. The first-order chi connectivity index (χ1) is 9.75. The number of fused-ring (bicyclic) bond motifs is 1. The van der Waals surface area contributed by atoms with Crippen LogP contribution in [0.2, 0.25) is 0 Å². The van der Waals surface area contributed by atoms with Crippen molar-refractivity contribution in [2.24, 2.45) is 5.92 Å². The molecule has 1 saturated carbocycles. The Morgan fingerprint density at radius 3 is 2.90 bits per heavy atom. The van der Waals surface area contributed by atoms with E-state index in [0.717, 1.165) is 45.7 Å². The molecule has 3 aliphatic rings. The molecular weight excluding hydrogens is 252 g/mol. The fourth-order valence-corrected chi connectivity index (χ4v) is 3.94. The van der Waals surface area contributed by atoms with E-state index in [0.29, 0.717) is 11.9 Å². The van der Waals surface area contributed by atoms with E-state index in [1.54, 1.807) is 0 Å². The molecule has 0 spiro atoms. The number of rotatable bonds is 4.